The third-order valence-corrected chi connectivity index (χ3v) is 5.74. The molecule has 0 heterocycles. The molecule has 0 bridgehead atoms. The van der Waals surface area contributed by atoms with E-state index < -0.39 is 21.8 Å². The Morgan fingerprint density at radius 2 is 1.83 bits per heavy atom. The van der Waals surface area contributed by atoms with Gasteiger partial charge >= 0.3 is 0 Å². The van der Waals surface area contributed by atoms with E-state index in [1.165, 1.54) is 31.4 Å². The first-order valence-electron chi connectivity index (χ1n) is 6.56. The number of hydrogen-bond donors (Lipinski definition) is 0. The average molecular weight is 453 g/mol. The fourth-order valence-electron chi connectivity index (χ4n) is 2.00. The Labute approximate surface area is 158 Å². The number of halogens is 3. The summed E-state index contributed by atoms with van der Waals surface area (Å²) in [5.41, 5.74) is 0.127. The lowest BCUT2D eigenvalue weighted by Gasteiger charge is -2.24. The van der Waals surface area contributed by atoms with Crippen molar-refractivity contribution >= 4 is 60.1 Å². The Hall–Kier alpha value is -1.28. The fourth-order valence-corrected chi connectivity index (χ4v) is 4.05. The number of hydrogen-bond acceptors (Lipinski definition) is 4. The number of sulfonamides is 1. The first-order chi connectivity index (χ1) is 11.3. The monoisotopic (exact) mass is 451 g/mol. The van der Waals surface area contributed by atoms with Gasteiger partial charge in [-0.1, -0.05) is 27.5 Å². The quantitative estimate of drug-likeness (QED) is 0.619. The fraction of sp³-hybridized carbons (Fsp3) is 0.133. The summed E-state index contributed by atoms with van der Waals surface area (Å²) in [6.45, 7) is -0.559. The minimum Gasteiger partial charge on any atom is -0.495 e. The summed E-state index contributed by atoms with van der Waals surface area (Å²) in [5.74, 6) is 0.248. The third-order valence-electron chi connectivity index (χ3n) is 3.08. The van der Waals surface area contributed by atoms with Crippen LogP contribution in [0, 0.1) is 0 Å². The van der Waals surface area contributed by atoms with Crippen LogP contribution < -0.4 is 9.04 Å². The standard InChI is InChI=1S/C15H12BrCl2NO4S/c1-23-14-7-4-11(17)8-13(14)19(9-15(18)20)24(21,22)12-5-2-10(16)3-6-12/h2-8H,9H2,1H3. The van der Waals surface area contributed by atoms with Crippen molar-refractivity contribution in [3.05, 3.63) is 52.0 Å². The van der Waals surface area contributed by atoms with Crippen LogP contribution in [-0.2, 0) is 14.8 Å². The summed E-state index contributed by atoms with van der Waals surface area (Å²) < 4.78 is 32.7. The lowest BCUT2D eigenvalue weighted by atomic mass is 10.3. The van der Waals surface area contributed by atoms with Gasteiger partial charge in [0.1, 0.15) is 12.3 Å². The Balaban J connectivity index is 2.63. The van der Waals surface area contributed by atoms with Gasteiger partial charge in [0, 0.05) is 9.50 Å². The van der Waals surface area contributed by atoms with Crippen LogP contribution in [0.2, 0.25) is 5.02 Å². The SMILES string of the molecule is COc1ccc(Cl)cc1N(CC(=O)Cl)S(=O)(=O)c1ccc(Br)cc1. The molecule has 128 valence electrons. The molecule has 5 nitrogen and oxygen atoms in total. The minimum absolute atomic E-state index is 0.00523. The van der Waals surface area contributed by atoms with Crippen molar-refractivity contribution in [2.75, 3.05) is 18.0 Å². The van der Waals surface area contributed by atoms with Gasteiger partial charge in [0.15, 0.2) is 0 Å². The summed E-state index contributed by atoms with van der Waals surface area (Å²) in [6.07, 6.45) is 0. The van der Waals surface area contributed by atoms with Gasteiger partial charge in [-0.3, -0.25) is 9.10 Å². The molecule has 0 aliphatic rings. The highest BCUT2D eigenvalue weighted by atomic mass is 79.9. The predicted octanol–water partition coefficient (Wildman–Crippen LogP) is 4.07. The summed E-state index contributed by atoms with van der Waals surface area (Å²) in [4.78, 5) is 11.4. The summed E-state index contributed by atoms with van der Waals surface area (Å²) in [6, 6.07) is 10.5. The molecule has 0 amide bonds. The number of ether oxygens (including phenoxy) is 1. The van der Waals surface area contributed by atoms with E-state index in [-0.39, 0.29) is 16.3 Å². The zero-order chi connectivity index (χ0) is 17.9. The van der Waals surface area contributed by atoms with Crippen LogP contribution in [0.5, 0.6) is 5.75 Å². The maximum absolute atomic E-state index is 13.0. The van der Waals surface area contributed by atoms with E-state index in [0.29, 0.717) is 5.02 Å². The van der Waals surface area contributed by atoms with Crippen molar-refractivity contribution in [2.24, 2.45) is 0 Å². The topological polar surface area (TPSA) is 63.7 Å². The zero-order valence-electron chi connectivity index (χ0n) is 12.4. The van der Waals surface area contributed by atoms with Gasteiger partial charge in [-0.15, -0.1) is 0 Å². The predicted molar refractivity (Wildman–Crippen MR) is 97.5 cm³/mol. The molecule has 2 aromatic carbocycles. The van der Waals surface area contributed by atoms with E-state index in [1.54, 1.807) is 18.2 Å². The maximum Gasteiger partial charge on any atom is 0.264 e. The van der Waals surface area contributed by atoms with Gasteiger partial charge in [-0.2, -0.15) is 0 Å². The van der Waals surface area contributed by atoms with Crippen molar-refractivity contribution in [1.29, 1.82) is 0 Å². The lowest BCUT2D eigenvalue weighted by molar-refractivity contribution is -0.110. The van der Waals surface area contributed by atoms with Crippen molar-refractivity contribution in [2.45, 2.75) is 4.90 Å². The van der Waals surface area contributed by atoms with Crippen molar-refractivity contribution < 1.29 is 17.9 Å². The second-order valence-corrected chi connectivity index (χ2v) is 8.27. The van der Waals surface area contributed by atoms with Gasteiger partial charge in [0.2, 0.25) is 5.24 Å². The first kappa shape index (κ1) is 19.1. The van der Waals surface area contributed by atoms with Crippen LogP contribution in [0.3, 0.4) is 0 Å². The van der Waals surface area contributed by atoms with E-state index in [4.69, 9.17) is 27.9 Å². The molecule has 0 saturated heterocycles. The van der Waals surface area contributed by atoms with Crippen LogP contribution in [0.15, 0.2) is 51.8 Å². The van der Waals surface area contributed by atoms with E-state index in [0.717, 1.165) is 8.78 Å². The number of methoxy groups -OCH3 is 1. The van der Waals surface area contributed by atoms with Crippen LogP contribution in [0.1, 0.15) is 0 Å². The Bertz CT molecular complexity index is 856. The summed E-state index contributed by atoms with van der Waals surface area (Å²) in [7, 11) is -2.66. The zero-order valence-corrected chi connectivity index (χ0v) is 16.3. The van der Waals surface area contributed by atoms with Gasteiger partial charge in [-0.25, -0.2) is 8.42 Å². The van der Waals surface area contributed by atoms with E-state index >= 15 is 0 Å². The molecule has 0 aliphatic heterocycles. The number of rotatable bonds is 6. The molecule has 9 heteroatoms. The normalized spacial score (nSPS) is 11.2. The minimum atomic E-state index is -4.05. The Morgan fingerprint density at radius 1 is 1.21 bits per heavy atom. The molecule has 0 unspecified atom stereocenters. The van der Waals surface area contributed by atoms with Crippen LogP contribution >= 0.6 is 39.1 Å². The molecule has 0 aromatic heterocycles. The second kappa shape index (κ2) is 7.74. The Morgan fingerprint density at radius 3 is 2.38 bits per heavy atom. The average Bonchev–Trinajstić information content (AvgIpc) is 2.52. The highest BCUT2D eigenvalue weighted by Gasteiger charge is 2.29. The molecule has 0 fully saturated rings. The highest BCUT2D eigenvalue weighted by Crippen LogP contribution is 2.35. The van der Waals surface area contributed by atoms with E-state index in [1.807, 2.05) is 0 Å². The third kappa shape index (κ3) is 4.22. The molecular weight excluding hydrogens is 441 g/mol. The molecular formula is C15H12BrCl2NO4S. The molecule has 0 spiro atoms. The summed E-state index contributed by atoms with van der Waals surface area (Å²) >= 11 is 14.7. The lowest BCUT2D eigenvalue weighted by Crippen LogP contribution is -2.34. The van der Waals surface area contributed by atoms with Gasteiger partial charge in [-0.05, 0) is 54.1 Å². The number of carbonyl (C=O) groups excluding carboxylic acids is 1. The second-order valence-electron chi connectivity index (χ2n) is 4.64. The first-order valence-corrected chi connectivity index (χ1v) is 9.55. The van der Waals surface area contributed by atoms with Crippen LogP contribution in [0.4, 0.5) is 5.69 Å². The van der Waals surface area contributed by atoms with Crippen LogP contribution in [0.25, 0.3) is 0 Å². The molecule has 2 aromatic rings. The number of nitrogens with zero attached hydrogens (tertiary/aromatic N) is 1. The Kier molecular flexibility index (Phi) is 6.14. The highest BCUT2D eigenvalue weighted by molar-refractivity contribution is 9.10. The van der Waals surface area contributed by atoms with Gasteiger partial charge in [0.05, 0.1) is 17.7 Å². The van der Waals surface area contributed by atoms with E-state index in [9.17, 15) is 13.2 Å². The van der Waals surface area contributed by atoms with Crippen molar-refractivity contribution in [3.8, 4) is 5.75 Å². The molecule has 0 atom stereocenters. The van der Waals surface area contributed by atoms with Gasteiger partial charge < -0.3 is 4.74 Å². The van der Waals surface area contributed by atoms with E-state index in [2.05, 4.69) is 15.9 Å². The van der Waals surface area contributed by atoms with Crippen molar-refractivity contribution in [1.82, 2.24) is 0 Å². The van der Waals surface area contributed by atoms with Gasteiger partial charge in [0.25, 0.3) is 10.0 Å². The number of benzene rings is 2. The number of carbonyl (C=O) groups is 1. The molecule has 0 aliphatic carbocycles. The largest absolute Gasteiger partial charge is 0.495 e. The molecule has 0 radical (unpaired) electrons. The molecule has 24 heavy (non-hydrogen) atoms. The number of anilines is 1. The summed E-state index contributed by atoms with van der Waals surface area (Å²) in [5, 5.41) is -0.540. The molecule has 0 N–H and O–H groups in total. The molecule has 2 rings (SSSR count). The molecule has 0 saturated carbocycles. The maximum atomic E-state index is 13.0. The smallest absolute Gasteiger partial charge is 0.264 e. The van der Waals surface area contributed by atoms with Crippen molar-refractivity contribution in [3.63, 3.8) is 0 Å². The van der Waals surface area contributed by atoms with Crippen LogP contribution in [-0.4, -0.2) is 27.3 Å².